The van der Waals surface area contributed by atoms with E-state index in [-0.39, 0.29) is 5.75 Å². The smallest absolute Gasteiger partial charge is 0.406 e. The quantitative estimate of drug-likeness (QED) is 0.468. The first kappa shape index (κ1) is 20.1. The third-order valence-corrected chi connectivity index (χ3v) is 4.15. The van der Waals surface area contributed by atoms with E-state index < -0.39 is 6.36 Å². The minimum atomic E-state index is -4.69. The molecule has 0 spiro atoms. The Morgan fingerprint density at radius 3 is 2.42 bits per heavy atom. The van der Waals surface area contributed by atoms with Crippen LogP contribution in [0.5, 0.6) is 5.75 Å². The maximum atomic E-state index is 12.2. The van der Waals surface area contributed by atoms with E-state index in [9.17, 15) is 13.2 Å². The van der Waals surface area contributed by atoms with E-state index in [1.54, 1.807) is 18.5 Å². The van der Waals surface area contributed by atoms with Crippen molar-refractivity contribution < 1.29 is 17.9 Å². The zero-order valence-corrected chi connectivity index (χ0v) is 15.5. The third-order valence-electron chi connectivity index (χ3n) is 3.72. The van der Waals surface area contributed by atoms with Crippen LogP contribution in [-0.2, 0) is 6.42 Å². The number of benzene rings is 2. The van der Waals surface area contributed by atoms with Crippen LogP contribution in [0.4, 0.5) is 18.9 Å². The van der Waals surface area contributed by atoms with E-state index in [4.69, 9.17) is 11.6 Å². The van der Waals surface area contributed by atoms with Gasteiger partial charge in [0.1, 0.15) is 5.75 Å². The second kappa shape index (κ2) is 8.45. The van der Waals surface area contributed by atoms with Crippen molar-refractivity contribution >= 4 is 23.6 Å². The second-order valence-corrected chi connectivity index (χ2v) is 6.32. The fourth-order valence-corrected chi connectivity index (χ4v) is 2.54. The average molecular weight is 385 g/mol. The highest BCUT2D eigenvalue weighted by Crippen LogP contribution is 2.32. The van der Waals surface area contributed by atoms with E-state index >= 15 is 0 Å². The van der Waals surface area contributed by atoms with Crippen LogP contribution in [0, 0.1) is 6.92 Å². The number of aliphatic imine (C=N–C) groups is 1. The molecule has 0 N–H and O–H groups in total. The molecule has 2 rings (SSSR count). The third kappa shape index (κ3) is 5.95. The number of hydrogen-bond acceptors (Lipinski definition) is 2. The van der Waals surface area contributed by atoms with Gasteiger partial charge in [-0.15, -0.1) is 13.2 Å². The van der Waals surface area contributed by atoms with Gasteiger partial charge in [-0.05, 0) is 55.2 Å². The summed E-state index contributed by atoms with van der Waals surface area (Å²) in [7, 11) is 1.92. The molecule has 0 aliphatic heterocycles. The molecule has 0 radical (unpaired) electrons. The molecule has 0 saturated heterocycles. The fourth-order valence-electron chi connectivity index (χ4n) is 2.32. The molecule has 0 saturated carbocycles. The SMILES string of the molecule is CCN(C)/C=N\c1cc(C)cc(Cc2ccc(OC(F)(F)F)cc2)c1Cl. The number of halogens is 4. The molecule has 26 heavy (non-hydrogen) atoms. The van der Waals surface area contributed by atoms with Crippen molar-refractivity contribution in [1.82, 2.24) is 4.90 Å². The van der Waals surface area contributed by atoms with Gasteiger partial charge in [0.25, 0.3) is 0 Å². The van der Waals surface area contributed by atoms with Crippen LogP contribution in [0.2, 0.25) is 5.02 Å². The molecule has 7 heteroatoms. The van der Waals surface area contributed by atoms with Gasteiger partial charge in [0.05, 0.1) is 17.0 Å². The van der Waals surface area contributed by atoms with Crippen LogP contribution in [-0.4, -0.2) is 31.2 Å². The largest absolute Gasteiger partial charge is 0.573 e. The number of rotatable bonds is 6. The van der Waals surface area contributed by atoms with Crippen LogP contribution in [0.25, 0.3) is 0 Å². The first-order valence-electron chi connectivity index (χ1n) is 8.06. The Bertz CT molecular complexity index is 774. The zero-order chi connectivity index (χ0) is 19.3. The summed E-state index contributed by atoms with van der Waals surface area (Å²) in [5.74, 6) is -0.246. The Balaban J connectivity index is 2.21. The Morgan fingerprint density at radius 2 is 1.85 bits per heavy atom. The van der Waals surface area contributed by atoms with E-state index in [2.05, 4.69) is 9.73 Å². The van der Waals surface area contributed by atoms with Crippen LogP contribution >= 0.6 is 11.6 Å². The number of hydrogen-bond donors (Lipinski definition) is 0. The van der Waals surface area contributed by atoms with Crippen LogP contribution in [0.1, 0.15) is 23.6 Å². The van der Waals surface area contributed by atoms with E-state index in [0.29, 0.717) is 17.1 Å². The maximum absolute atomic E-state index is 12.2. The highest BCUT2D eigenvalue weighted by molar-refractivity contribution is 6.33. The summed E-state index contributed by atoms with van der Waals surface area (Å²) in [5.41, 5.74) is 3.36. The van der Waals surface area contributed by atoms with Gasteiger partial charge in [-0.25, -0.2) is 4.99 Å². The first-order valence-corrected chi connectivity index (χ1v) is 8.44. The molecule has 0 aromatic heterocycles. The lowest BCUT2D eigenvalue weighted by Crippen LogP contribution is -2.17. The average Bonchev–Trinajstić information content (AvgIpc) is 2.56. The van der Waals surface area contributed by atoms with E-state index in [1.807, 2.05) is 37.9 Å². The van der Waals surface area contributed by atoms with E-state index in [1.165, 1.54) is 12.1 Å². The molecule has 0 unspecified atom stereocenters. The van der Waals surface area contributed by atoms with E-state index in [0.717, 1.165) is 23.2 Å². The Hall–Kier alpha value is -2.21. The van der Waals surface area contributed by atoms with Crippen molar-refractivity contribution in [3.05, 3.63) is 58.1 Å². The van der Waals surface area contributed by atoms with Gasteiger partial charge in [-0.1, -0.05) is 29.8 Å². The van der Waals surface area contributed by atoms with Crippen LogP contribution in [0.15, 0.2) is 41.4 Å². The Labute approximate surface area is 156 Å². The van der Waals surface area contributed by atoms with Crippen molar-refractivity contribution in [1.29, 1.82) is 0 Å². The van der Waals surface area contributed by atoms with Gasteiger partial charge in [-0.2, -0.15) is 0 Å². The van der Waals surface area contributed by atoms with Gasteiger partial charge in [0, 0.05) is 13.6 Å². The van der Waals surface area contributed by atoms with Gasteiger partial charge in [0.15, 0.2) is 0 Å². The molecule has 0 aliphatic rings. The monoisotopic (exact) mass is 384 g/mol. The lowest BCUT2D eigenvalue weighted by molar-refractivity contribution is -0.274. The number of alkyl halides is 3. The van der Waals surface area contributed by atoms with Gasteiger partial charge < -0.3 is 9.64 Å². The van der Waals surface area contributed by atoms with Crippen molar-refractivity contribution in [2.24, 2.45) is 4.99 Å². The summed E-state index contributed by atoms with van der Waals surface area (Å²) in [6, 6.07) is 9.61. The molecule has 0 bridgehead atoms. The lowest BCUT2D eigenvalue weighted by atomic mass is 10.0. The number of nitrogens with zero attached hydrogens (tertiary/aromatic N) is 2. The summed E-state index contributed by atoms with van der Waals surface area (Å²) in [5, 5.41) is 0.534. The predicted molar refractivity (Wildman–Crippen MR) is 98.6 cm³/mol. The summed E-state index contributed by atoms with van der Waals surface area (Å²) in [6.07, 6.45) is -2.49. The molecule has 2 aromatic carbocycles. The molecule has 0 fully saturated rings. The normalized spacial score (nSPS) is 11.8. The molecule has 0 atom stereocenters. The minimum Gasteiger partial charge on any atom is -0.406 e. The molecular formula is C19H20ClF3N2O. The minimum absolute atomic E-state index is 0.246. The summed E-state index contributed by atoms with van der Waals surface area (Å²) >= 11 is 6.47. The molecule has 3 nitrogen and oxygen atoms in total. The molecule has 2 aromatic rings. The van der Waals surface area contributed by atoms with Crippen molar-refractivity contribution in [2.75, 3.05) is 13.6 Å². The first-order chi connectivity index (χ1) is 12.2. The molecule has 140 valence electrons. The predicted octanol–water partition coefficient (Wildman–Crippen LogP) is 5.75. The van der Waals surface area contributed by atoms with Crippen LogP contribution in [0.3, 0.4) is 0 Å². The lowest BCUT2D eigenvalue weighted by Gasteiger charge is -2.12. The van der Waals surface area contributed by atoms with Gasteiger partial charge in [-0.3, -0.25) is 0 Å². The molecule has 0 heterocycles. The number of ether oxygens (including phenoxy) is 1. The zero-order valence-electron chi connectivity index (χ0n) is 14.8. The molecule has 0 aliphatic carbocycles. The topological polar surface area (TPSA) is 24.8 Å². The van der Waals surface area contributed by atoms with Crippen molar-refractivity contribution in [2.45, 2.75) is 26.6 Å². The van der Waals surface area contributed by atoms with Gasteiger partial charge in [0.2, 0.25) is 0 Å². The van der Waals surface area contributed by atoms with Crippen molar-refractivity contribution in [3.63, 3.8) is 0 Å². The standard InChI is InChI=1S/C19H20ClF3N2O/c1-4-25(3)12-24-17-10-13(2)9-15(18(17)20)11-14-5-7-16(8-6-14)26-19(21,22)23/h5-10,12H,4,11H2,1-3H3/b24-12-. The van der Waals surface area contributed by atoms with Gasteiger partial charge >= 0.3 is 6.36 Å². The fraction of sp³-hybridized carbons (Fsp3) is 0.316. The summed E-state index contributed by atoms with van der Waals surface area (Å²) in [4.78, 5) is 6.35. The van der Waals surface area contributed by atoms with Crippen LogP contribution < -0.4 is 4.74 Å². The maximum Gasteiger partial charge on any atom is 0.573 e. The molecular weight excluding hydrogens is 365 g/mol. The number of aryl methyl sites for hydroxylation is 1. The Kier molecular flexibility index (Phi) is 6.53. The molecule has 0 amide bonds. The summed E-state index contributed by atoms with van der Waals surface area (Å²) in [6.45, 7) is 4.79. The summed E-state index contributed by atoms with van der Waals surface area (Å²) < 4.78 is 40.6. The Morgan fingerprint density at radius 1 is 1.19 bits per heavy atom. The highest BCUT2D eigenvalue weighted by Gasteiger charge is 2.30. The van der Waals surface area contributed by atoms with Crippen molar-refractivity contribution in [3.8, 4) is 5.75 Å². The highest BCUT2D eigenvalue weighted by atomic mass is 35.5. The second-order valence-electron chi connectivity index (χ2n) is 5.94.